The molecule has 136 valence electrons. The summed E-state index contributed by atoms with van der Waals surface area (Å²) >= 11 is 0. The third kappa shape index (κ3) is 5.80. The van der Waals surface area contributed by atoms with Gasteiger partial charge in [-0.3, -0.25) is 10.0 Å². The standard InChI is InChI=1S/C17H22N2O5S/c1-15-7-9-17(10-8-15)25(21,22)19(12-14-24-18-20)11-13-23-16-5-3-2-4-6-16/h2-10,18,20H,11-14H2,1H3. The lowest BCUT2D eigenvalue weighted by atomic mass is 10.2. The van der Waals surface area contributed by atoms with Crippen molar-refractivity contribution in [2.24, 2.45) is 0 Å². The van der Waals surface area contributed by atoms with Gasteiger partial charge in [0.1, 0.15) is 12.4 Å². The van der Waals surface area contributed by atoms with Crippen LogP contribution in [-0.2, 0) is 14.9 Å². The summed E-state index contributed by atoms with van der Waals surface area (Å²) < 4.78 is 32.5. The molecule has 2 rings (SSSR count). The van der Waals surface area contributed by atoms with Crippen molar-refractivity contribution < 1.29 is 23.2 Å². The Morgan fingerprint density at radius 3 is 2.28 bits per heavy atom. The third-order valence-corrected chi connectivity index (χ3v) is 5.43. The van der Waals surface area contributed by atoms with Crippen molar-refractivity contribution in [1.82, 2.24) is 9.95 Å². The molecule has 0 bridgehead atoms. The number of nitrogens with zero attached hydrogens (tertiary/aromatic N) is 1. The molecule has 0 amide bonds. The molecule has 0 aliphatic heterocycles. The van der Waals surface area contributed by atoms with Gasteiger partial charge in [-0.2, -0.15) is 4.31 Å². The topological polar surface area (TPSA) is 88.1 Å². The first-order chi connectivity index (χ1) is 12.0. The maximum atomic E-state index is 12.8. The first-order valence-electron chi connectivity index (χ1n) is 7.79. The average molecular weight is 366 g/mol. The number of hydrogen-bond donors (Lipinski definition) is 2. The van der Waals surface area contributed by atoms with E-state index in [0.717, 1.165) is 5.56 Å². The van der Waals surface area contributed by atoms with Gasteiger partial charge in [-0.1, -0.05) is 41.5 Å². The Bertz CT molecular complexity index is 735. The molecule has 8 heteroatoms. The molecule has 0 atom stereocenters. The number of benzene rings is 2. The maximum absolute atomic E-state index is 12.8. The summed E-state index contributed by atoms with van der Waals surface area (Å²) in [4.78, 5) is 4.84. The van der Waals surface area contributed by atoms with Crippen molar-refractivity contribution in [3.63, 3.8) is 0 Å². The van der Waals surface area contributed by atoms with Gasteiger partial charge >= 0.3 is 0 Å². The SMILES string of the molecule is Cc1ccc(S(=O)(=O)N(CCONO)CCOc2ccccc2)cc1. The maximum Gasteiger partial charge on any atom is 0.243 e. The molecule has 2 aromatic carbocycles. The summed E-state index contributed by atoms with van der Waals surface area (Å²) in [7, 11) is -3.69. The lowest BCUT2D eigenvalue weighted by molar-refractivity contribution is -0.127. The van der Waals surface area contributed by atoms with Crippen LogP contribution < -0.4 is 10.4 Å². The molecule has 2 aromatic rings. The van der Waals surface area contributed by atoms with Crippen molar-refractivity contribution in [3.05, 3.63) is 60.2 Å². The number of sulfonamides is 1. The second-order valence-corrected chi connectivity index (χ2v) is 7.26. The van der Waals surface area contributed by atoms with E-state index in [1.165, 1.54) is 4.31 Å². The third-order valence-electron chi connectivity index (χ3n) is 3.52. The highest BCUT2D eigenvalue weighted by Gasteiger charge is 2.24. The summed E-state index contributed by atoms with van der Waals surface area (Å²) in [6.45, 7) is 2.30. The van der Waals surface area contributed by atoms with Crippen molar-refractivity contribution in [2.45, 2.75) is 11.8 Å². The van der Waals surface area contributed by atoms with E-state index in [2.05, 4.69) is 4.84 Å². The second kappa shape index (κ2) is 9.50. The van der Waals surface area contributed by atoms with Gasteiger partial charge in [0.2, 0.25) is 10.0 Å². The molecule has 0 radical (unpaired) electrons. The molecule has 0 fully saturated rings. The Hall–Kier alpha value is -1.97. The lowest BCUT2D eigenvalue weighted by Crippen LogP contribution is -2.37. The van der Waals surface area contributed by atoms with E-state index in [-0.39, 0.29) is 31.2 Å². The van der Waals surface area contributed by atoms with Gasteiger partial charge in [0, 0.05) is 13.1 Å². The van der Waals surface area contributed by atoms with Crippen LogP contribution in [0.15, 0.2) is 59.5 Å². The highest BCUT2D eigenvalue weighted by Crippen LogP contribution is 2.16. The zero-order valence-electron chi connectivity index (χ0n) is 14.0. The molecule has 0 spiro atoms. The van der Waals surface area contributed by atoms with Crippen LogP contribution in [0.3, 0.4) is 0 Å². The Balaban J connectivity index is 2.06. The van der Waals surface area contributed by atoms with Gasteiger partial charge in [0.15, 0.2) is 0 Å². The van der Waals surface area contributed by atoms with E-state index in [0.29, 0.717) is 5.75 Å². The minimum Gasteiger partial charge on any atom is -0.492 e. The molecular weight excluding hydrogens is 344 g/mol. The molecule has 2 N–H and O–H groups in total. The molecule has 0 aliphatic carbocycles. The smallest absolute Gasteiger partial charge is 0.243 e. The fourth-order valence-corrected chi connectivity index (χ4v) is 3.59. The largest absolute Gasteiger partial charge is 0.492 e. The Morgan fingerprint density at radius 2 is 1.64 bits per heavy atom. The number of para-hydroxylation sites is 1. The van der Waals surface area contributed by atoms with Crippen molar-refractivity contribution in [1.29, 1.82) is 0 Å². The minimum atomic E-state index is -3.69. The summed E-state index contributed by atoms with van der Waals surface area (Å²) in [6, 6.07) is 15.8. The van der Waals surface area contributed by atoms with Crippen LogP contribution in [0.5, 0.6) is 5.75 Å². The van der Waals surface area contributed by atoms with Gasteiger partial charge in [-0.05, 0) is 31.2 Å². The van der Waals surface area contributed by atoms with Gasteiger partial charge in [0.05, 0.1) is 11.5 Å². The molecule has 0 heterocycles. The van der Waals surface area contributed by atoms with Crippen LogP contribution in [0.2, 0.25) is 0 Å². The van der Waals surface area contributed by atoms with Crippen LogP contribution in [0.25, 0.3) is 0 Å². The fraction of sp³-hybridized carbons (Fsp3) is 0.294. The highest BCUT2D eigenvalue weighted by molar-refractivity contribution is 7.89. The zero-order valence-corrected chi connectivity index (χ0v) is 14.8. The Labute approximate surface area is 147 Å². The predicted octanol–water partition coefficient (Wildman–Crippen LogP) is 1.98. The van der Waals surface area contributed by atoms with Crippen molar-refractivity contribution in [3.8, 4) is 5.75 Å². The van der Waals surface area contributed by atoms with Crippen LogP contribution >= 0.6 is 0 Å². The van der Waals surface area contributed by atoms with Crippen LogP contribution in [0, 0.1) is 6.92 Å². The number of nitrogens with one attached hydrogen (secondary N) is 1. The van der Waals surface area contributed by atoms with E-state index in [1.807, 2.05) is 25.1 Å². The number of rotatable bonds is 10. The van der Waals surface area contributed by atoms with E-state index < -0.39 is 10.0 Å². The van der Waals surface area contributed by atoms with E-state index in [4.69, 9.17) is 9.94 Å². The summed E-state index contributed by atoms with van der Waals surface area (Å²) in [5.41, 5.74) is 2.53. The van der Waals surface area contributed by atoms with E-state index in [9.17, 15) is 8.42 Å². The second-order valence-electron chi connectivity index (χ2n) is 5.32. The highest BCUT2D eigenvalue weighted by atomic mass is 32.2. The summed E-state index contributed by atoms with van der Waals surface area (Å²) in [5, 5.41) is 8.49. The number of hydrogen-bond acceptors (Lipinski definition) is 6. The predicted molar refractivity (Wildman–Crippen MR) is 92.7 cm³/mol. The van der Waals surface area contributed by atoms with Crippen molar-refractivity contribution >= 4 is 10.0 Å². The molecule has 0 saturated carbocycles. The Morgan fingerprint density at radius 1 is 1.00 bits per heavy atom. The zero-order chi connectivity index (χ0) is 18.1. The normalized spacial score (nSPS) is 11.6. The monoisotopic (exact) mass is 366 g/mol. The van der Waals surface area contributed by atoms with Gasteiger partial charge in [-0.25, -0.2) is 8.42 Å². The quantitative estimate of drug-likeness (QED) is 0.494. The van der Waals surface area contributed by atoms with E-state index >= 15 is 0 Å². The van der Waals surface area contributed by atoms with E-state index in [1.54, 1.807) is 42.0 Å². The fourth-order valence-electron chi connectivity index (χ4n) is 2.19. The molecule has 0 unspecified atom stereocenters. The van der Waals surface area contributed by atoms with Crippen LogP contribution in [0.4, 0.5) is 0 Å². The minimum absolute atomic E-state index is 0.00702. The van der Waals surface area contributed by atoms with Gasteiger partial charge in [0.25, 0.3) is 0 Å². The first-order valence-corrected chi connectivity index (χ1v) is 9.23. The van der Waals surface area contributed by atoms with Crippen molar-refractivity contribution in [2.75, 3.05) is 26.3 Å². The first kappa shape index (κ1) is 19.4. The summed E-state index contributed by atoms with van der Waals surface area (Å²) in [5.74, 6) is 0.670. The number of aryl methyl sites for hydroxylation is 1. The molecule has 0 aliphatic rings. The Kier molecular flexibility index (Phi) is 7.35. The van der Waals surface area contributed by atoms with Crippen LogP contribution in [-0.4, -0.2) is 44.2 Å². The van der Waals surface area contributed by atoms with Gasteiger partial charge < -0.3 is 4.74 Å². The molecular formula is C17H22N2O5S. The molecule has 25 heavy (non-hydrogen) atoms. The average Bonchev–Trinajstić information content (AvgIpc) is 2.62. The number of ether oxygens (including phenoxy) is 1. The van der Waals surface area contributed by atoms with Crippen LogP contribution in [0.1, 0.15) is 5.56 Å². The lowest BCUT2D eigenvalue weighted by Gasteiger charge is -2.22. The molecule has 0 saturated heterocycles. The van der Waals surface area contributed by atoms with Gasteiger partial charge in [-0.15, -0.1) is 0 Å². The summed E-state index contributed by atoms with van der Waals surface area (Å²) in [6.07, 6.45) is 0. The molecule has 0 aromatic heterocycles. The molecule has 7 nitrogen and oxygen atoms in total.